The van der Waals surface area contributed by atoms with E-state index >= 15 is 0 Å². The molecular formula is C18H24N2O6. The van der Waals surface area contributed by atoms with E-state index in [1.807, 2.05) is 0 Å². The number of methoxy groups -OCH3 is 1. The van der Waals surface area contributed by atoms with Gasteiger partial charge in [0, 0.05) is 31.1 Å². The SMILES string of the molecule is COc1ccc(N2CC(CNC(=O)OC(C)(C)C)CC2=O)cc1C(=O)O. The van der Waals surface area contributed by atoms with Crippen molar-refractivity contribution < 1.29 is 29.0 Å². The predicted octanol–water partition coefficient (Wildman–Crippen LogP) is 2.27. The molecule has 0 radical (unpaired) electrons. The number of carboxylic acids is 1. The molecule has 1 saturated heterocycles. The highest BCUT2D eigenvalue weighted by Crippen LogP contribution is 2.29. The Morgan fingerprint density at radius 2 is 2.04 bits per heavy atom. The maximum atomic E-state index is 12.3. The maximum Gasteiger partial charge on any atom is 0.407 e. The molecule has 0 aliphatic carbocycles. The van der Waals surface area contributed by atoms with Crippen LogP contribution in [0.5, 0.6) is 5.75 Å². The lowest BCUT2D eigenvalue weighted by atomic mass is 10.1. The van der Waals surface area contributed by atoms with Crippen LogP contribution < -0.4 is 15.0 Å². The quantitative estimate of drug-likeness (QED) is 0.830. The average Bonchev–Trinajstić information content (AvgIpc) is 2.91. The van der Waals surface area contributed by atoms with Crippen molar-refractivity contribution in [3.63, 3.8) is 0 Å². The first-order valence-corrected chi connectivity index (χ1v) is 8.29. The minimum Gasteiger partial charge on any atom is -0.496 e. The third-order valence-corrected chi connectivity index (χ3v) is 3.86. The number of carbonyl (C=O) groups excluding carboxylic acids is 2. The van der Waals surface area contributed by atoms with E-state index in [2.05, 4.69) is 5.32 Å². The van der Waals surface area contributed by atoms with Crippen LogP contribution in [0, 0.1) is 5.92 Å². The predicted molar refractivity (Wildman–Crippen MR) is 94.7 cm³/mol. The second-order valence-electron chi connectivity index (χ2n) is 7.15. The number of nitrogens with zero attached hydrogens (tertiary/aromatic N) is 1. The first kappa shape index (κ1) is 19.6. The van der Waals surface area contributed by atoms with Crippen LogP contribution in [-0.2, 0) is 9.53 Å². The number of anilines is 1. The van der Waals surface area contributed by atoms with Gasteiger partial charge < -0.3 is 24.8 Å². The number of nitrogens with one attached hydrogen (secondary N) is 1. The van der Waals surface area contributed by atoms with E-state index in [4.69, 9.17) is 9.47 Å². The summed E-state index contributed by atoms with van der Waals surface area (Å²) in [4.78, 5) is 36.9. The Balaban J connectivity index is 2.03. The van der Waals surface area contributed by atoms with Crippen molar-refractivity contribution >= 4 is 23.7 Å². The zero-order chi connectivity index (χ0) is 19.5. The summed E-state index contributed by atoms with van der Waals surface area (Å²) in [5.41, 5.74) is -0.0982. The van der Waals surface area contributed by atoms with Crippen molar-refractivity contribution in [1.82, 2.24) is 5.32 Å². The average molecular weight is 364 g/mol. The summed E-state index contributed by atoms with van der Waals surface area (Å²) in [6.07, 6.45) is -0.259. The van der Waals surface area contributed by atoms with Gasteiger partial charge in [-0.2, -0.15) is 0 Å². The largest absolute Gasteiger partial charge is 0.496 e. The third-order valence-electron chi connectivity index (χ3n) is 3.86. The van der Waals surface area contributed by atoms with Crippen molar-refractivity contribution in [3.8, 4) is 5.75 Å². The lowest BCUT2D eigenvalue weighted by Gasteiger charge is -2.21. The normalized spacial score (nSPS) is 17.2. The topological polar surface area (TPSA) is 105 Å². The number of ether oxygens (including phenoxy) is 2. The second-order valence-corrected chi connectivity index (χ2v) is 7.15. The first-order valence-electron chi connectivity index (χ1n) is 8.29. The lowest BCUT2D eigenvalue weighted by molar-refractivity contribution is -0.117. The van der Waals surface area contributed by atoms with Crippen LogP contribution in [0.3, 0.4) is 0 Å². The first-order chi connectivity index (χ1) is 12.1. The fourth-order valence-corrected chi connectivity index (χ4v) is 2.74. The molecule has 8 heteroatoms. The van der Waals surface area contributed by atoms with Gasteiger partial charge in [-0.05, 0) is 39.0 Å². The molecule has 26 heavy (non-hydrogen) atoms. The van der Waals surface area contributed by atoms with E-state index in [1.54, 1.807) is 26.8 Å². The van der Waals surface area contributed by atoms with Gasteiger partial charge >= 0.3 is 12.1 Å². The number of alkyl carbamates (subject to hydrolysis) is 1. The molecule has 1 aliphatic rings. The van der Waals surface area contributed by atoms with Gasteiger partial charge in [0.15, 0.2) is 0 Å². The van der Waals surface area contributed by atoms with Crippen LogP contribution in [0.4, 0.5) is 10.5 Å². The Kier molecular flexibility index (Phi) is 5.74. The summed E-state index contributed by atoms with van der Waals surface area (Å²) in [5, 5.41) is 11.9. The summed E-state index contributed by atoms with van der Waals surface area (Å²) in [5.74, 6) is -1.09. The van der Waals surface area contributed by atoms with Crippen molar-refractivity contribution in [2.45, 2.75) is 32.8 Å². The smallest absolute Gasteiger partial charge is 0.407 e. The van der Waals surface area contributed by atoms with Gasteiger partial charge in [0.2, 0.25) is 5.91 Å². The molecule has 1 aromatic rings. The minimum absolute atomic E-state index is 0.00636. The minimum atomic E-state index is -1.13. The zero-order valence-corrected chi connectivity index (χ0v) is 15.4. The Labute approximate surface area is 152 Å². The Morgan fingerprint density at radius 3 is 2.62 bits per heavy atom. The van der Waals surface area contributed by atoms with Gasteiger partial charge in [-0.15, -0.1) is 0 Å². The van der Waals surface area contributed by atoms with Crippen LogP contribution >= 0.6 is 0 Å². The summed E-state index contributed by atoms with van der Waals surface area (Å²) in [6.45, 7) is 6.02. The van der Waals surface area contributed by atoms with E-state index in [9.17, 15) is 19.5 Å². The van der Waals surface area contributed by atoms with Crippen molar-refractivity contribution in [2.75, 3.05) is 25.1 Å². The molecule has 2 rings (SSSR count). The van der Waals surface area contributed by atoms with Gasteiger partial charge in [-0.25, -0.2) is 9.59 Å². The summed E-state index contributed by atoms with van der Waals surface area (Å²) in [7, 11) is 1.39. The fourth-order valence-electron chi connectivity index (χ4n) is 2.74. The molecule has 1 fully saturated rings. The van der Waals surface area contributed by atoms with Gasteiger partial charge in [0.1, 0.15) is 16.9 Å². The monoisotopic (exact) mass is 364 g/mol. The highest BCUT2D eigenvalue weighted by atomic mass is 16.6. The highest BCUT2D eigenvalue weighted by molar-refractivity contribution is 5.98. The molecule has 142 valence electrons. The summed E-state index contributed by atoms with van der Waals surface area (Å²) in [6, 6.07) is 4.59. The summed E-state index contributed by atoms with van der Waals surface area (Å²) < 4.78 is 10.2. The van der Waals surface area contributed by atoms with Gasteiger partial charge in [0.25, 0.3) is 0 Å². The van der Waals surface area contributed by atoms with Crippen LogP contribution in [0.2, 0.25) is 0 Å². The van der Waals surface area contributed by atoms with Gasteiger partial charge in [-0.3, -0.25) is 4.79 Å². The number of hydrogen-bond acceptors (Lipinski definition) is 5. The highest BCUT2D eigenvalue weighted by Gasteiger charge is 2.32. The third kappa shape index (κ3) is 4.87. The van der Waals surface area contributed by atoms with Crippen molar-refractivity contribution in [2.24, 2.45) is 5.92 Å². The maximum absolute atomic E-state index is 12.3. The second kappa shape index (κ2) is 7.63. The molecule has 1 heterocycles. The molecule has 1 aliphatic heterocycles. The van der Waals surface area contributed by atoms with Crippen molar-refractivity contribution in [1.29, 1.82) is 0 Å². The Bertz CT molecular complexity index is 710. The van der Waals surface area contributed by atoms with E-state index in [-0.39, 0.29) is 29.6 Å². The Morgan fingerprint density at radius 1 is 1.35 bits per heavy atom. The molecule has 8 nitrogen and oxygen atoms in total. The summed E-state index contributed by atoms with van der Waals surface area (Å²) >= 11 is 0. The molecule has 0 aromatic heterocycles. The number of carbonyl (C=O) groups is 3. The van der Waals surface area contributed by atoms with Gasteiger partial charge in [-0.1, -0.05) is 0 Å². The molecule has 2 N–H and O–H groups in total. The molecule has 0 bridgehead atoms. The number of hydrogen-bond donors (Lipinski definition) is 2. The van der Waals surface area contributed by atoms with Crippen LogP contribution in [0.25, 0.3) is 0 Å². The number of rotatable bonds is 5. The molecule has 1 aromatic carbocycles. The number of benzene rings is 1. The van der Waals surface area contributed by atoms with E-state index in [0.717, 1.165) is 0 Å². The van der Waals surface area contributed by atoms with E-state index in [0.29, 0.717) is 18.8 Å². The lowest BCUT2D eigenvalue weighted by Crippen LogP contribution is -2.36. The molecule has 0 spiro atoms. The molecule has 1 unspecified atom stereocenters. The zero-order valence-electron chi connectivity index (χ0n) is 15.4. The van der Waals surface area contributed by atoms with Crippen LogP contribution in [-0.4, -0.2) is 48.9 Å². The van der Waals surface area contributed by atoms with E-state index in [1.165, 1.54) is 24.1 Å². The molecular weight excluding hydrogens is 340 g/mol. The molecule has 1 atom stereocenters. The van der Waals surface area contributed by atoms with Crippen LogP contribution in [0.15, 0.2) is 18.2 Å². The fraction of sp³-hybridized carbons (Fsp3) is 0.500. The van der Waals surface area contributed by atoms with Gasteiger partial charge in [0.05, 0.1) is 7.11 Å². The number of amides is 2. The number of carboxylic acid groups (broad SMARTS) is 1. The number of aromatic carboxylic acids is 1. The van der Waals surface area contributed by atoms with E-state index < -0.39 is 17.7 Å². The molecule has 0 saturated carbocycles. The molecule has 2 amide bonds. The van der Waals surface area contributed by atoms with Crippen molar-refractivity contribution in [3.05, 3.63) is 23.8 Å². The Hall–Kier alpha value is -2.77. The standard InChI is InChI=1S/C18H24N2O6/c1-18(2,3)26-17(24)19-9-11-7-15(21)20(10-11)12-5-6-14(25-4)13(8-12)16(22)23/h5-6,8,11H,7,9-10H2,1-4H3,(H,19,24)(H,22,23). The van der Waals surface area contributed by atoms with Crippen LogP contribution in [0.1, 0.15) is 37.6 Å².